The van der Waals surface area contributed by atoms with Crippen LogP contribution in [0.15, 0.2) is 34.1 Å². The van der Waals surface area contributed by atoms with E-state index < -0.39 is 16.1 Å². The lowest BCUT2D eigenvalue weighted by molar-refractivity contribution is 0.256. The van der Waals surface area contributed by atoms with E-state index in [0.29, 0.717) is 23.9 Å². The van der Waals surface area contributed by atoms with Crippen LogP contribution in [-0.2, 0) is 16.6 Å². The molecule has 2 amide bonds. The lowest BCUT2D eigenvalue weighted by Crippen LogP contribution is -2.35. The quantitative estimate of drug-likeness (QED) is 0.381. The monoisotopic (exact) mass is 463 g/mol. The molecular formula is C15H15Cl2N5O4S2. The van der Waals surface area contributed by atoms with E-state index in [1.807, 2.05) is 15.1 Å². The first-order valence-corrected chi connectivity index (χ1v) is 11.0. The second-order valence-electron chi connectivity index (χ2n) is 5.50. The van der Waals surface area contributed by atoms with Gasteiger partial charge in [0.05, 0.1) is 7.11 Å². The van der Waals surface area contributed by atoms with E-state index in [-0.39, 0.29) is 21.9 Å². The van der Waals surface area contributed by atoms with E-state index in [0.717, 1.165) is 5.56 Å². The van der Waals surface area contributed by atoms with Crippen molar-refractivity contribution in [1.29, 1.82) is 0 Å². The third kappa shape index (κ3) is 4.78. The molecular weight excluding hydrogens is 449 g/mol. The van der Waals surface area contributed by atoms with E-state index in [4.69, 9.17) is 27.9 Å². The second kappa shape index (κ2) is 8.70. The van der Waals surface area contributed by atoms with E-state index in [2.05, 4.69) is 15.3 Å². The summed E-state index contributed by atoms with van der Waals surface area (Å²) in [4.78, 5) is 20.4. The molecule has 1 aromatic heterocycles. The van der Waals surface area contributed by atoms with Gasteiger partial charge >= 0.3 is 6.03 Å². The van der Waals surface area contributed by atoms with Gasteiger partial charge in [0.2, 0.25) is 11.8 Å². The molecule has 2 N–H and O–H groups in total. The Balaban J connectivity index is 1.77. The molecule has 0 saturated heterocycles. The first-order valence-electron chi connectivity index (χ1n) is 7.85. The van der Waals surface area contributed by atoms with Crippen molar-refractivity contribution in [3.05, 3.63) is 35.0 Å². The molecule has 3 rings (SSSR count). The minimum absolute atomic E-state index is 0.00631. The van der Waals surface area contributed by atoms with Gasteiger partial charge in [0, 0.05) is 29.9 Å². The predicted molar refractivity (Wildman–Crippen MR) is 106 cm³/mol. The number of nitrogens with zero attached hydrogens (tertiary/aromatic N) is 3. The number of benzene rings is 1. The number of carbonyl (C=O) groups is 1. The Morgan fingerprint density at radius 3 is 2.89 bits per heavy atom. The first kappa shape index (κ1) is 20.9. The van der Waals surface area contributed by atoms with Crippen molar-refractivity contribution >= 4 is 57.2 Å². The standard InChI is InChI=1S/C15H15Cl2N5O4S2/c1-26-12-7-11(17)18-14(19-12)20-15(23)21-28(24,25)10-4-2-3-9-8-22(6-5-16)27-13(9)10/h2-4,7H,5-6,8H2,1H3,(H2,18,19,20,21,23). The van der Waals surface area contributed by atoms with Gasteiger partial charge in [-0.25, -0.2) is 27.2 Å². The van der Waals surface area contributed by atoms with Crippen LogP contribution in [0.3, 0.4) is 0 Å². The fourth-order valence-electron chi connectivity index (χ4n) is 2.43. The molecule has 0 unspecified atom stereocenters. The van der Waals surface area contributed by atoms with Gasteiger partial charge in [0.1, 0.15) is 10.0 Å². The molecule has 2 heterocycles. The maximum absolute atomic E-state index is 12.7. The van der Waals surface area contributed by atoms with Crippen LogP contribution in [0.4, 0.5) is 10.7 Å². The fraction of sp³-hybridized carbons (Fsp3) is 0.267. The summed E-state index contributed by atoms with van der Waals surface area (Å²) in [5.41, 5.74) is 0.848. The number of ether oxygens (including phenoxy) is 1. The van der Waals surface area contributed by atoms with Gasteiger partial charge in [0.15, 0.2) is 0 Å². The highest BCUT2D eigenvalue weighted by Gasteiger charge is 2.29. The van der Waals surface area contributed by atoms with E-state index >= 15 is 0 Å². The largest absolute Gasteiger partial charge is 0.481 e. The summed E-state index contributed by atoms with van der Waals surface area (Å²) in [5.74, 6) is 0.347. The Morgan fingerprint density at radius 1 is 1.39 bits per heavy atom. The summed E-state index contributed by atoms with van der Waals surface area (Å²) in [7, 11) is -2.76. The molecule has 13 heteroatoms. The molecule has 1 aliphatic rings. The van der Waals surface area contributed by atoms with Crippen molar-refractivity contribution in [2.45, 2.75) is 16.3 Å². The molecule has 0 spiro atoms. The lowest BCUT2D eigenvalue weighted by atomic mass is 10.2. The Kier molecular flexibility index (Phi) is 6.50. The molecule has 2 aromatic rings. The van der Waals surface area contributed by atoms with Crippen molar-refractivity contribution in [2.75, 3.05) is 24.9 Å². The number of rotatable bonds is 6. The average molecular weight is 464 g/mol. The molecule has 1 aromatic carbocycles. The number of hydrogen-bond donors (Lipinski definition) is 2. The van der Waals surface area contributed by atoms with Crippen LogP contribution in [0.1, 0.15) is 5.56 Å². The second-order valence-corrected chi connectivity index (χ2v) is 9.03. The molecule has 28 heavy (non-hydrogen) atoms. The number of amides is 2. The number of urea groups is 1. The van der Waals surface area contributed by atoms with E-state index in [1.165, 1.54) is 31.2 Å². The van der Waals surface area contributed by atoms with Crippen LogP contribution in [0.25, 0.3) is 0 Å². The van der Waals surface area contributed by atoms with E-state index in [9.17, 15) is 13.2 Å². The number of methoxy groups -OCH3 is 1. The predicted octanol–water partition coefficient (Wildman–Crippen LogP) is 2.71. The Morgan fingerprint density at radius 2 is 2.18 bits per heavy atom. The molecule has 0 bridgehead atoms. The number of nitrogens with one attached hydrogen (secondary N) is 2. The topological polar surface area (TPSA) is 114 Å². The SMILES string of the molecule is COc1cc(Cl)nc(NC(=O)NS(=O)(=O)c2cccc3c2SN(CCCl)C3)n1. The van der Waals surface area contributed by atoms with E-state index in [1.54, 1.807) is 6.07 Å². The minimum atomic E-state index is -4.13. The highest BCUT2D eigenvalue weighted by molar-refractivity contribution is 7.98. The number of hydrogen-bond acceptors (Lipinski definition) is 8. The molecule has 0 fully saturated rings. The maximum Gasteiger partial charge on any atom is 0.335 e. The molecule has 9 nitrogen and oxygen atoms in total. The number of halogens is 2. The van der Waals surface area contributed by atoms with Gasteiger partial charge in [-0.15, -0.1) is 11.6 Å². The van der Waals surface area contributed by atoms with Gasteiger partial charge in [0.25, 0.3) is 10.0 Å². The highest BCUT2D eigenvalue weighted by Crippen LogP contribution is 2.39. The normalized spacial score (nSPS) is 13.8. The molecule has 0 saturated carbocycles. The highest BCUT2D eigenvalue weighted by atomic mass is 35.5. The first-order chi connectivity index (χ1) is 13.3. The van der Waals surface area contributed by atoms with Gasteiger partial charge in [-0.3, -0.25) is 5.32 Å². The molecule has 0 radical (unpaired) electrons. The number of alkyl halides is 1. The number of fused-ring (bicyclic) bond motifs is 1. The number of anilines is 1. The van der Waals surface area contributed by atoms with Crippen LogP contribution >= 0.6 is 35.1 Å². The number of carbonyl (C=O) groups excluding carboxylic acids is 1. The van der Waals surface area contributed by atoms with Gasteiger partial charge in [-0.05, 0) is 23.6 Å². The fourth-order valence-corrected chi connectivity index (χ4v) is 5.44. The van der Waals surface area contributed by atoms with Gasteiger partial charge in [-0.2, -0.15) is 4.98 Å². The summed E-state index contributed by atoms with van der Waals surface area (Å²) in [6.45, 7) is 1.17. The molecule has 0 aliphatic carbocycles. The maximum atomic E-state index is 12.7. The van der Waals surface area contributed by atoms with Crippen molar-refractivity contribution in [1.82, 2.24) is 19.0 Å². The van der Waals surface area contributed by atoms with Crippen LogP contribution in [0.2, 0.25) is 5.15 Å². The Hall–Kier alpha value is -1.79. The van der Waals surface area contributed by atoms with Crippen molar-refractivity contribution in [3.8, 4) is 5.88 Å². The average Bonchev–Trinajstić information content (AvgIpc) is 3.03. The lowest BCUT2D eigenvalue weighted by Gasteiger charge is -2.12. The van der Waals surface area contributed by atoms with Crippen molar-refractivity contribution in [2.24, 2.45) is 0 Å². The summed E-state index contributed by atoms with van der Waals surface area (Å²) < 4.78 is 34.3. The summed E-state index contributed by atoms with van der Waals surface area (Å²) in [6, 6.07) is 5.22. The molecule has 150 valence electrons. The van der Waals surface area contributed by atoms with Crippen LogP contribution in [-0.4, -0.2) is 48.3 Å². The zero-order chi connectivity index (χ0) is 20.3. The van der Waals surface area contributed by atoms with Crippen molar-refractivity contribution in [3.63, 3.8) is 0 Å². The third-order valence-electron chi connectivity index (χ3n) is 3.58. The summed E-state index contributed by atoms with van der Waals surface area (Å²) >= 11 is 12.9. The minimum Gasteiger partial charge on any atom is -0.481 e. The Bertz CT molecular complexity index is 1010. The third-order valence-corrected chi connectivity index (χ3v) is 6.68. The van der Waals surface area contributed by atoms with Crippen LogP contribution in [0.5, 0.6) is 5.88 Å². The van der Waals surface area contributed by atoms with Crippen LogP contribution < -0.4 is 14.8 Å². The Labute approximate surface area is 176 Å². The zero-order valence-electron chi connectivity index (χ0n) is 14.5. The van der Waals surface area contributed by atoms with Crippen LogP contribution in [0, 0.1) is 0 Å². The smallest absolute Gasteiger partial charge is 0.335 e. The number of aromatic nitrogens is 2. The zero-order valence-corrected chi connectivity index (χ0v) is 17.6. The molecule has 1 aliphatic heterocycles. The van der Waals surface area contributed by atoms with Gasteiger partial charge < -0.3 is 4.74 Å². The summed E-state index contributed by atoms with van der Waals surface area (Å²) in [5, 5.41) is 2.26. The molecule has 0 atom stereocenters. The number of sulfonamides is 1. The van der Waals surface area contributed by atoms with Gasteiger partial charge in [-0.1, -0.05) is 23.7 Å². The van der Waals surface area contributed by atoms with Crippen molar-refractivity contribution < 1.29 is 17.9 Å². The summed E-state index contributed by atoms with van der Waals surface area (Å²) in [6.07, 6.45) is 0.